The van der Waals surface area contributed by atoms with E-state index in [0.717, 1.165) is 11.1 Å². The summed E-state index contributed by atoms with van der Waals surface area (Å²) in [7, 11) is 0. The molecular formula is C27H31N5O4S. The molecule has 3 amide bonds. The Balaban J connectivity index is 1.52. The molecule has 9 nitrogen and oxygen atoms in total. The van der Waals surface area contributed by atoms with Crippen LogP contribution in [0, 0.1) is 0 Å². The molecule has 1 aliphatic rings. The molecule has 10 heteroatoms. The predicted molar refractivity (Wildman–Crippen MR) is 141 cm³/mol. The molecule has 0 spiro atoms. The Morgan fingerprint density at radius 1 is 1.11 bits per heavy atom. The number of hydrogen-bond acceptors (Lipinski definition) is 6. The van der Waals surface area contributed by atoms with E-state index in [1.165, 1.54) is 16.7 Å². The third-order valence-corrected chi connectivity index (χ3v) is 7.76. The lowest BCUT2D eigenvalue weighted by Crippen LogP contribution is -2.58. The number of amides is 3. The maximum atomic E-state index is 13.6. The van der Waals surface area contributed by atoms with Crippen molar-refractivity contribution in [2.75, 3.05) is 5.88 Å². The molecule has 1 fully saturated rings. The lowest BCUT2D eigenvalue weighted by Gasteiger charge is -2.33. The number of rotatable bonds is 9. The molecule has 4 N–H and O–H groups in total. The number of aromatic nitrogens is 2. The molecule has 0 radical (unpaired) electrons. The summed E-state index contributed by atoms with van der Waals surface area (Å²) in [4.78, 5) is 47.9. The highest BCUT2D eigenvalue weighted by Crippen LogP contribution is 2.39. The number of carbonyl (C=O) groups excluding carboxylic acids is 3. The molecular weight excluding hydrogens is 490 g/mol. The third kappa shape index (κ3) is 6.39. The number of aliphatic hydroxyl groups is 1. The number of H-pyrrole nitrogens is 1. The third-order valence-electron chi connectivity index (χ3n) is 6.39. The molecule has 37 heavy (non-hydrogen) atoms. The first-order valence-corrected chi connectivity index (χ1v) is 13.0. The summed E-state index contributed by atoms with van der Waals surface area (Å²) in [6.45, 7) is 4.11. The van der Waals surface area contributed by atoms with E-state index in [4.69, 9.17) is 0 Å². The summed E-state index contributed by atoms with van der Waals surface area (Å²) < 4.78 is -0.569. The normalized spacial score (nSPS) is 18.1. The Labute approximate surface area is 220 Å². The minimum atomic E-state index is -1.55. The lowest BCUT2D eigenvalue weighted by molar-refractivity contribution is -0.147. The number of hydrogen-bond donors (Lipinski definition) is 4. The van der Waals surface area contributed by atoms with Crippen molar-refractivity contribution in [3.05, 3.63) is 90.0 Å². The van der Waals surface area contributed by atoms with Gasteiger partial charge in [0, 0.05) is 29.9 Å². The van der Waals surface area contributed by atoms with Crippen molar-refractivity contribution in [1.82, 2.24) is 25.5 Å². The molecule has 3 atom stereocenters. The predicted octanol–water partition coefficient (Wildman–Crippen LogP) is 2.11. The van der Waals surface area contributed by atoms with Crippen LogP contribution in [0.2, 0.25) is 0 Å². The highest BCUT2D eigenvalue weighted by Gasteiger charge is 2.49. The first-order chi connectivity index (χ1) is 17.8. The molecule has 2 aromatic heterocycles. The van der Waals surface area contributed by atoms with Gasteiger partial charge in [0.1, 0.15) is 11.7 Å². The van der Waals surface area contributed by atoms with Crippen molar-refractivity contribution in [3.8, 4) is 0 Å². The van der Waals surface area contributed by atoms with Crippen molar-refractivity contribution in [2.24, 2.45) is 0 Å². The zero-order valence-corrected chi connectivity index (χ0v) is 21.6. The molecule has 194 valence electrons. The van der Waals surface area contributed by atoms with Crippen molar-refractivity contribution in [2.45, 2.75) is 49.7 Å². The summed E-state index contributed by atoms with van der Waals surface area (Å²) in [5.41, 5.74) is 2.07. The van der Waals surface area contributed by atoms with Crippen LogP contribution in [-0.4, -0.2) is 66.5 Å². The first kappa shape index (κ1) is 26.4. The summed E-state index contributed by atoms with van der Waals surface area (Å²) >= 11 is 1.47. The van der Waals surface area contributed by atoms with Crippen molar-refractivity contribution >= 4 is 29.5 Å². The number of nitrogens with one attached hydrogen (secondary N) is 3. The topological polar surface area (TPSA) is 127 Å². The van der Waals surface area contributed by atoms with E-state index in [-0.39, 0.29) is 18.2 Å². The Morgan fingerprint density at radius 2 is 1.84 bits per heavy atom. The quantitative estimate of drug-likeness (QED) is 0.342. The molecule has 1 aromatic carbocycles. The average Bonchev–Trinajstić information content (AvgIpc) is 3.55. The first-order valence-electron chi connectivity index (χ1n) is 12.0. The Morgan fingerprint density at radius 3 is 2.51 bits per heavy atom. The summed E-state index contributed by atoms with van der Waals surface area (Å²) in [6, 6.07) is 14.6. The van der Waals surface area contributed by atoms with Crippen LogP contribution in [-0.2, 0) is 22.6 Å². The Bertz CT molecular complexity index is 1200. The van der Waals surface area contributed by atoms with E-state index in [1.54, 1.807) is 30.7 Å². The van der Waals surface area contributed by atoms with E-state index in [0.29, 0.717) is 12.2 Å². The van der Waals surface area contributed by atoms with E-state index in [2.05, 4.69) is 20.6 Å². The van der Waals surface area contributed by atoms with Gasteiger partial charge in [-0.3, -0.25) is 19.4 Å². The molecule has 0 bridgehead atoms. The fourth-order valence-electron chi connectivity index (χ4n) is 4.37. The summed E-state index contributed by atoms with van der Waals surface area (Å²) in [5, 5.41) is 17.0. The fourth-order valence-corrected chi connectivity index (χ4v) is 5.51. The van der Waals surface area contributed by atoms with Gasteiger partial charge < -0.3 is 25.6 Å². The second-order valence-electron chi connectivity index (χ2n) is 9.46. The molecule has 1 aliphatic heterocycles. The number of aliphatic hydroxyl groups excluding tert-OH is 1. The van der Waals surface area contributed by atoms with E-state index >= 15 is 0 Å². The van der Waals surface area contributed by atoms with Crippen LogP contribution >= 0.6 is 11.8 Å². The second-order valence-corrected chi connectivity index (χ2v) is 11.1. The lowest BCUT2D eigenvalue weighted by atomic mass is 9.97. The molecule has 4 rings (SSSR count). The summed E-state index contributed by atoms with van der Waals surface area (Å²) in [6.07, 6.45) is 3.61. The zero-order chi connectivity index (χ0) is 26.4. The monoisotopic (exact) mass is 521 g/mol. The fraction of sp³-hybridized carbons (Fsp3) is 0.333. The number of pyridine rings is 1. The van der Waals surface area contributed by atoms with Gasteiger partial charge in [0.25, 0.3) is 11.8 Å². The number of carbonyl (C=O) groups is 3. The van der Waals surface area contributed by atoms with Crippen LogP contribution in [0.25, 0.3) is 0 Å². The zero-order valence-electron chi connectivity index (χ0n) is 20.8. The van der Waals surface area contributed by atoms with Gasteiger partial charge in [0.15, 0.2) is 6.10 Å². The van der Waals surface area contributed by atoms with Gasteiger partial charge in [0.05, 0.1) is 11.9 Å². The smallest absolute Gasteiger partial charge is 0.268 e. The highest BCUT2D eigenvalue weighted by molar-refractivity contribution is 8.00. The number of benzene rings is 1. The van der Waals surface area contributed by atoms with Crippen molar-refractivity contribution < 1.29 is 19.5 Å². The molecule has 3 heterocycles. The van der Waals surface area contributed by atoms with Crippen LogP contribution in [0.1, 0.15) is 35.5 Å². The highest BCUT2D eigenvalue weighted by atomic mass is 32.2. The van der Waals surface area contributed by atoms with Gasteiger partial charge in [0.2, 0.25) is 5.91 Å². The van der Waals surface area contributed by atoms with Crippen LogP contribution in [0.3, 0.4) is 0 Å². The molecule has 3 unspecified atom stereocenters. The number of nitrogens with zero attached hydrogens (tertiary/aromatic N) is 2. The number of thioether (sulfide) groups is 1. The molecule has 0 aliphatic carbocycles. The maximum Gasteiger partial charge on any atom is 0.268 e. The molecule has 1 saturated heterocycles. The van der Waals surface area contributed by atoms with Gasteiger partial charge >= 0.3 is 0 Å². The standard InChI is InChI=1S/C27H31N5O4S/c1-27(2)23(25(35)30-16-19-10-13-28-14-11-19)32(17-37-27)26(36)22(33)21(15-18-7-4-3-5-8-18)31-24(34)20-9-6-12-29-20/h3-14,21-23,29,33H,15-17H2,1-2H3,(H,30,35)(H,31,34). The number of aromatic amines is 1. The largest absolute Gasteiger partial charge is 0.381 e. The van der Waals surface area contributed by atoms with Crippen LogP contribution < -0.4 is 10.6 Å². The maximum absolute atomic E-state index is 13.6. The van der Waals surface area contributed by atoms with Gasteiger partial charge in [-0.15, -0.1) is 11.8 Å². The van der Waals surface area contributed by atoms with Gasteiger partial charge in [-0.2, -0.15) is 0 Å². The van der Waals surface area contributed by atoms with Crippen LogP contribution in [0.15, 0.2) is 73.2 Å². The summed E-state index contributed by atoms with van der Waals surface area (Å²) in [5.74, 6) is -1.09. The van der Waals surface area contributed by atoms with E-state index in [9.17, 15) is 19.5 Å². The van der Waals surface area contributed by atoms with Gasteiger partial charge in [-0.1, -0.05) is 30.3 Å². The minimum absolute atomic E-state index is 0.240. The van der Waals surface area contributed by atoms with Crippen molar-refractivity contribution in [1.29, 1.82) is 0 Å². The Kier molecular flexibility index (Phi) is 8.30. The van der Waals surface area contributed by atoms with Crippen molar-refractivity contribution in [3.63, 3.8) is 0 Å². The van der Waals surface area contributed by atoms with E-state index in [1.807, 2.05) is 56.3 Å². The Hall–Kier alpha value is -3.63. The van der Waals surface area contributed by atoms with Gasteiger partial charge in [-0.25, -0.2) is 0 Å². The minimum Gasteiger partial charge on any atom is -0.381 e. The molecule has 3 aromatic rings. The molecule has 0 saturated carbocycles. The second kappa shape index (κ2) is 11.6. The van der Waals surface area contributed by atoms with Crippen LogP contribution in [0.4, 0.5) is 0 Å². The van der Waals surface area contributed by atoms with Gasteiger partial charge in [-0.05, 0) is 55.7 Å². The van der Waals surface area contributed by atoms with Crippen LogP contribution in [0.5, 0.6) is 0 Å². The van der Waals surface area contributed by atoms with E-state index < -0.39 is 34.7 Å². The SMILES string of the molecule is CC1(C)SCN(C(=O)C(O)C(Cc2ccccc2)NC(=O)c2ccc[nH]2)C1C(=O)NCc1ccncc1. The average molecular weight is 522 g/mol.